The molecule has 3 aromatic carbocycles. The molecule has 12 heteroatoms. The van der Waals surface area contributed by atoms with Crippen molar-refractivity contribution in [3.8, 4) is 17.6 Å². The van der Waals surface area contributed by atoms with Gasteiger partial charge in [-0.2, -0.15) is 17.9 Å². The molecular formula is C30H26ClF3N2O5S. The highest BCUT2D eigenvalue weighted by molar-refractivity contribution is 7.89. The highest BCUT2D eigenvalue weighted by Gasteiger charge is 2.30. The largest absolute Gasteiger partial charge is 0.481 e. The zero-order chi connectivity index (χ0) is 30.7. The van der Waals surface area contributed by atoms with Gasteiger partial charge in [0.15, 0.2) is 0 Å². The minimum Gasteiger partial charge on any atom is -0.481 e. The number of nitrogens with one attached hydrogen (secondary N) is 1. The van der Waals surface area contributed by atoms with Gasteiger partial charge in [-0.15, -0.1) is 5.92 Å². The lowest BCUT2D eigenvalue weighted by Gasteiger charge is -2.16. The Morgan fingerprint density at radius 2 is 1.76 bits per heavy atom. The number of halogens is 4. The Balaban J connectivity index is 1.63. The molecule has 0 spiro atoms. The van der Waals surface area contributed by atoms with E-state index in [2.05, 4.69) is 16.6 Å². The zero-order valence-corrected chi connectivity index (χ0v) is 24.1. The fourth-order valence-corrected chi connectivity index (χ4v) is 5.87. The molecule has 0 saturated carbocycles. The number of hydrogen-bond acceptors (Lipinski definition) is 4. The number of carboxylic acids is 1. The van der Waals surface area contributed by atoms with E-state index in [4.69, 9.17) is 16.3 Å². The molecule has 1 unspecified atom stereocenters. The van der Waals surface area contributed by atoms with E-state index in [1.54, 1.807) is 32.0 Å². The van der Waals surface area contributed by atoms with Crippen molar-refractivity contribution < 1.29 is 36.2 Å². The summed E-state index contributed by atoms with van der Waals surface area (Å²) in [5, 5.41) is 11.0. The first-order chi connectivity index (χ1) is 19.8. The second kappa shape index (κ2) is 12.5. The number of nitrogens with zero attached hydrogens (tertiary/aromatic N) is 1. The van der Waals surface area contributed by atoms with Crippen LogP contribution < -0.4 is 9.46 Å². The molecule has 0 aliphatic carbocycles. The van der Waals surface area contributed by atoms with Gasteiger partial charge >= 0.3 is 12.1 Å². The van der Waals surface area contributed by atoms with Crippen molar-refractivity contribution in [1.82, 2.24) is 9.29 Å². The molecule has 1 atom stereocenters. The Morgan fingerprint density at radius 1 is 1.10 bits per heavy atom. The number of carbonyl (C=O) groups is 1. The van der Waals surface area contributed by atoms with Crippen LogP contribution in [0.15, 0.2) is 71.6 Å². The molecule has 0 radical (unpaired) electrons. The molecular weight excluding hydrogens is 593 g/mol. The molecule has 0 fully saturated rings. The standard InChI is InChI=1S/C30H26ClF3N2O5S/c1-3-4-15-41-23-10-12-24(13-11-23)42(39,40)35-27(29(37)38)17-25-19(2)36(28-14-9-22(31)16-26(25)28)18-20-5-7-21(8-6-20)30(32,33)34/h5-14,16,27,35H,15,17-18H2,1-2H3,(H,37,38). The van der Waals surface area contributed by atoms with Gasteiger partial charge in [-0.1, -0.05) is 29.7 Å². The summed E-state index contributed by atoms with van der Waals surface area (Å²) in [6.07, 6.45) is -4.68. The third-order valence-electron chi connectivity index (χ3n) is 6.66. The van der Waals surface area contributed by atoms with E-state index in [0.29, 0.717) is 38.5 Å². The fraction of sp³-hybridized carbons (Fsp3) is 0.233. The number of benzene rings is 3. The first kappa shape index (κ1) is 31.0. The Bertz CT molecular complexity index is 1770. The predicted octanol–water partition coefficient (Wildman–Crippen LogP) is 6.05. The molecule has 220 valence electrons. The lowest BCUT2D eigenvalue weighted by atomic mass is 10.0. The Labute approximate surface area is 245 Å². The second-order valence-electron chi connectivity index (χ2n) is 9.41. The smallest absolute Gasteiger partial charge is 0.416 e. The van der Waals surface area contributed by atoms with E-state index in [1.807, 2.05) is 4.57 Å². The van der Waals surface area contributed by atoms with Crippen molar-refractivity contribution in [2.24, 2.45) is 0 Å². The Kier molecular flexibility index (Phi) is 9.21. The van der Waals surface area contributed by atoms with E-state index >= 15 is 0 Å². The van der Waals surface area contributed by atoms with Crippen LogP contribution in [0.5, 0.6) is 5.75 Å². The van der Waals surface area contributed by atoms with E-state index in [9.17, 15) is 31.5 Å². The summed E-state index contributed by atoms with van der Waals surface area (Å²) >= 11 is 6.25. The van der Waals surface area contributed by atoms with Crippen molar-refractivity contribution in [3.63, 3.8) is 0 Å². The van der Waals surface area contributed by atoms with Gasteiger partial charge in [-0.05, 0) is 79.6 Å². The predicted molar refractivity (Wildman–Crippen MR) is 153 cm³/mol. The van der Waals surface area contributed by atoms with Crippen LogP contribution in [-0.4, -0.2) is 36.7 Å². The maximum Gasteiger partial charge on any atom is 0.416 e. The van der Waals surface area contributed by atoms with E-state index in [0.717, 1.165) is 12.1 Å². The number of fused-ring (bicyclic) bond motifs is 1. The average Bonchev–Trinajstić information content (AvgIpc) is 3.18. The number of carboxylic acid groups (broad SMARTS) is 1. The van der Waals surface area contributed by atoms with Crippen LogP contribution in [0.2, 0.25) is 5.02 Å². The molecule has 4 aromatic rings. The van der Waals surface area contributed by atoms with Crippen LogP contribution in [0.4, 0.5) is 13.2 Å². The topological polar surface area (TPSA) is 97.6 Å². The molecule has 0 aliphatic heterocycles. The first-order valence-electron chi connectivity index (χ1n) is 12.6. The molecule has 0 amide bonds. The van der Waals surface area contributed by atoms with Crippen LogP contribution in [0.1, 0.15) is 29.3 Å². The molecule has 0 bridgehead atoms. The SMILES string of the molecule is CC#CCOc1ccc(S(=O)(=O)NC(Cc2c(C)n(Cc3ccc(C(F)(F)F)cc3)c3ccc(Cl)cc23)C(=O)O)cc1. The molecule has 2 N–H and O–H groups in total. The first-order valence-corrected chi connectivity index (χ1v) is 14.5. The number of aromatic nitrogens is 1. The highest BCUT2D eigenvalue weighted by Crippen LogP contribution is 2.32. The number of alkyl halides is 3. The summed E-state index contributed by atoms with van der Waals surface area (Å²) in [4.78, 5) is 12.1. The van der Waals surface area contributed by atoms with Crippen molar-refractivity contribution in [2.45, 2.75) is 43.9 Å². The van der Waals surface area contributed by atoms with Crippen molar-refractivity contribution in [3.05, 3.63) is 94.1 Å². The molecule has 4 rings (SSSR count). The lowest BCUT2D eigenvalue weighted by Crippen LogP contribution is -2.42. The van der Waals surface area contributed by atoms with Gasteiger partial charge in [-0.25, -0.2) is 8.42 Å². The van der Waals surface area contributed by atoms with Gasteiger partial charge in [0.05, 0.1) is 10.5 Å². The number of rotatable bonds is 10. The molecule has 1 aromatic heterocycles. The van der Waals surface area contributed by atoms with E-state index in [-0.39, 0.29) is 24.5 Å². The minimum atomic E-state index is -4.46. The third-order valence-corrected chi connectivity index (χ3v) is 8.39. The molecule has 7 nitrogen and oxygen atoms in total. The second-order valence-corrected chi connectivity index (χ2v) is 11.6. The van der Waals surface area contributed by atoms with E-state index < -0.39 is 33.8 Å². The number of ether oxygens (including phenoxy) is 1. The summed E-state index contributed by atoms with van der Waals surface area (Å²) in [7, 11) is -4.24. The number of sulfonamides is 1. The van der Waals surface area contributed by atoms with Gasteiger partial charge in [0.1, 0.15) is 18.4 Å². The summed E-state index contributed by atoms with van der Waals surface area (Å²) < 4.78 is 74.8. The number of hydrogen-bond donors (Lipinski definition) is 2. The zero-order valence-electron chi connectivity index (χ0n) is 22.5. The fourth-order valence-electron chi connectivity index (χ4n) is 4.51. The van der Waals surface area contributed by atoms with Crippen LogP contribution in [0, 0.1) is 18.8 Å². The summed E-state index contributed by atoms with van der Waals surface area (Å²) in [6.45, 7) is 3.74. The molecule has 0 aliphatic rings. The summed E-state index contributed by atoms with van der Waals surface area (Å²) in [6, 6.07) is 13.8. The molecule has 1 heterocycles. The average molecular weight is 619 g/mol. The van der Waals surface area contributed by atoms with Gasteiger partial charge in [0.2, 0.25) is 10.0 Å². The van der Waals surface area contributed by atoms with E-state index in [1.165, 1.54) is 36.4 Å². The highest BCUT2D eigenvalue weighted by atomic mass is 35.5. The van der Waals surface area contributed by atoms with Crippen LogP contribution >= 0.6 is 11.6 Å². The summed E-state index contributed by atoms with van der Waals surface area (Å²) in [5.41, 5.74) is 1.65. The lowest BCUT2D eigenvalue weighted by molar-refractivity contribution is -0.139. The van der Waals surface area contributed by atoms with Crippen molar-refractivity contribution in [1.29, 1.82) is 0 Å². The van der Waals surface area contributed by atoms with Gasteiger partial charge in [0.25, 0.3) is 0 Å². The van der Waals surface area contributed by atoms with Gasteiger partial charge in [-0.3, -0.25) is 4.79 Å². The van der Waals surface area contributed by atoms with Crippen molar-refractivity contribution >= 4 is 38.5 Å². The van der Waals surface area contributed by atoms with Gasteiger partial charge in [0, 0.05) is 34.6 Å². The quantitative estimate of drug-likeness (QED) is 0.211. The molecule has 42 heavy (non-hydrogen) atoms. The van der Waals surface area contributed by atoms with Crippen LogP contribution in [-0.2, 0) is 34.0 Å². The van der Waals surface area contributed by atoms with Gasteiger partial charge < -0.3 is 14.4 Å². The summed E-state index contributed by atoms with van der Waals surface area (Å²) in [5.74, 6) is 4.42. The molecule has 0 saturated heterocycles. The van der Waals surface area contributed by atoms with Crippen LogP contribution in [0.3, 0.4) is 0 Å². The van der Waals surface area contributed by atoms with Crippen LogP contribution in [0.25, 0.3) is 10.9 Å². The maximum absolute atomic E-state index is 13.1. The number of aliphatic carboxylic acids is 1. The van der Waals surface area contributed by atoms with Crippen molar-refractivity contribution in [2.75, 3.05) is 6.61 Å². The normalized spacial score (nSPS) is 12.5. The third kappa shape index (κ3) is 7.07. The monoisotopic (exact) mass is 618 g/mol. The maximum atomic E-state index is 13.1. The minimum absolute atomic E-state index is 0.137. The Morgan fingerprint density at radius 3 is 2.36 bits per heavy atom. The Hall–Kier alpha value is -3.98.